The molecule has 2 aromatic rings. The van der Waals surface area contributed by atoms with Gasteiger partial charge in [0.15, 0.2) is 0 Å². The van der Waals surface area contributed by atoms with Crippen LogP contribution in [-0.4, -0.2) is 14.1 Å². The van der Waals surface area contributed by atoms with Crippen molar-refractivity contribution in [3.05, 3.63) is 57.8 Å². The topological polar surface area (TPSA) is 15.3 Å². The Hall–Kier alpha value is -1.45. The molecule has 2 rings (SSSR count). The number of benzene rings is 2. The quantitative estimate of drug-likeness (QED) is 0.812. The lowest BCUT2D eigenvalue weighted by atomic mass is 10.1. The van der Waals surface area contributed by atoms with Crippen LogP contribution in [0.2, 0.25) is 10.0 Å². The van der Waals surface area contributed by atoms with Gasteiger partial charge in [-0.25, -0.2) is 4.39 Å². The Balaban J connectivity index is 2.28. The van der Waals surface area contributed by atoms with Gasteiger partial charge in [0.05, 0.1) is 16.4 Å². The molecule has 0 amide bonds. The van der Waals surface area contributed by atoms with Crippen LogP contribution in [0, 0.1) is 5.82 Å². The van der Waals surface area contributed by atoms with Crippen LogP contribution in [0.15, 0.2) is 36.4 Å². The largest absolute Gasteiger partial charge is 0.377 e. The molecule has 0 aliphatic rings. The maximum absolute atomic E-state index is 13.6. The summed E-state index contributed by atoms with van der Waals surface area (Å²) in [5.74, 6) is -0.415. The molecule has 0 heterocycles. The summed E-state index contributed by atoms with van der Waals surface area (Å²) in [6.45, 7) is 1.96. The van der Waals surface area contributed by atoms with Gasteiger partial charge in [-0.2, -0.15) is 0 Å². The minimum Gasteiger partial charge on any atom is -0.377 e. The van der Waals surface area contributed by atoms with Crippen molar-refractivity contribution < 1.29 is 4.39 Å². The van der Waals surface area contributed by atoms with Crippen LogP contribution in [0.4, 0.5) is 15.8 Å². The van der Waals surface area contributed by atoms with Gasteiger partial charge in [0.2, 0.25) is 0 Å². The van der Waals surface area contributed by atoms with Crippen LogP contribution in [-0.2, 0) is 0 Å². The first-order chi connectivity index (χ1) is 9.88. The minimum absolute atomic E-state index is 0.0751. The van der Waals surface area contributed by atoms with E-state index in [2.05, 4.69) is 5.32 Å². The van der Waals surface area contributed by atoms with E-state index in [1.807, 2.05) is 50.2 Å². The zero-order valence-corrected chi connectivity index (χ0v) is 13.6. The van der Waals surface area contributed by atoms with E-state index in [-0.39, 0.29) is 11.1 Å². The molecule has 0 bridgehead atoms. The summed E-state index contributed by atoms with van der Waals surface area (Å²) in [5, 5.41) is 4.14. The zero-order valence-electron chi connectivity index (χ0n) is 12.1. The molecule has 0 saturated heterocycles. The first-order valence-corrected chi connectivity index (χ1v) is 7.32. The third-order valence-corrected chi connectivity index (χ3v) is 3.80. The van der Waals surface area contributed by atoms with Gasteiger partial charge < -0.3 is 10.2 Å². The first-order valence-electron chi connectivity index (χ1n) is 6.57. The SMILES string of the molecule is CC(Nc1cc(Cl)ccc1N(C)C)c1ccc(Cl)c(F)c1. The maximum Gasteiger partial charge on any atom is 0.142 e. The predicted molar refractivity (Wildman–Crippen MR) is 89.2 cm³/mol. The molecule has 21 heavy (non-hydrogen) atoms. The molecule has 0 fully saturated rings. The summed E-state index contributed by atoms with van der Waals surface area (Å²) in [6, 6.07) is 10.4. The Morgan fingerprint density at radius 1 is 1.10 bits per heavy atom. The van der Waals surface area contributed by atoms with Gasteiger partial charge in [-0.15, -0.1) is 0 Å². The highest BCUT2D eigenvalue weighted by molar-refractivity contribution is 6.31. The fourth-order valence-corrected chi connectivity index (χ4v) is 2.40. The molecule has 0 spiro atoms. The average molecular weight is 327 g/mol. The summed E-state index contributed by atoms with van der Waals surface area (Å²) in [5.41, 5.74) is 2.73. The maximum atomic E-state index is 13.6. The number of nitrogens with zero attached hydrogens (tertiary/aromatic N) is 1. The fraction of sp³-hybridized carbons (Fsp3) is 0.250. The Morgan fingerprint density at radius 3 is 2.43 bits per heavy atom. The molecule has 1 atom stereocenters. The normalized spacial score (nSPS) is 12.1. The van der Waals surface area contributed by atoms with Crippen molar-refractivity contribution in [1.29, 1.82) is 0 Å². The number of hydrogen-bond acceptors (Lipinski definition) is 2. The molecule has 1 N–H and O–H groups in total. The van der Waals surface area contributed by atoms with Crippen molar-refractivity contribution in [3.8, 4) is 0 Å². The second-order valence-corrected chi connectivity index (χ2v) is 5.94. The fourth-order valence-electron chi connectivity index (χ4n) is 2.11. The monoisotopic (exact) mass is 326 g/mol. The smallest absolute Gasteiger partial charge is 0.142 e. The lowest BCUT2D eigenvalue weighted by Crippen LogP contribution is -2.14. The van der Waals surface area contributed by atoms with Gasteiger partial charge in [-0.3, -0.25) is 0 Å². The molecular formula is C16H17Cl2FN2. The van der Waals surface area contributed by atoms with Crippen LogP contribution in [0.5, 0.6) is 0 Å². The molecule has 2 aromatic carbocycles. The highest BCUT2D eigenvalue weighted by atomic mass is 35.5. The van der Waals surface area contributed by atoms with E-state index in [9.17, 15) is 4.39 Å². The van der Waals surface area contributed by atoms with Crippen LogP contribution in [0.25, 0.3) is 0 Å². The van der Waals surface area contributed by atoms with E-state index in [0.717, 1.165) is 16.9 Å². The molecule has 1 unspecified atom stereocenters. The molecular weight excluding hydrogens is 310 g/mol. The molecule has 0 aliphatic carbocycles. The van der Waals surface area contributed by atoms with E-state index >= 15 is 0 Å². The van der Waals surface area contributed by atoms with Gasteiger partial charge in [0, 0.05) is 25.2 Å². The van der Waals surface area contributed by atoms with Crippen LogP contribution >= 0.6 is 23.2 Å². The molecule has 0 aliphatic heterocycles. The standard InChI is InChI=1S/C16H17Cl2FN2/c1-10(11-4-6-13(18)14(19)8-11)20-15-9-12(17)5-7-16(15)21(2)3/h4-10,20H,1-3H3. The van der Waals surface area contributed by atoms with Crippen LogP contribution in [0.3, 0.4) is 0 Å². The van der Waals surface area contributed by atoms with Gasteiger partial charge in [-0.05, 0) is 42.8 Å². The van der Waals surface area contributed by atoms with Gasteiger partial charge in [-0.1, -0.05) is 29.3 Å². The first kappa shape index (κ1) is 15.9. The molecule has 0 aromatic heterocycles. The lowest BCUT2D eigenvalue weighted by Gasteiger charge is -2.22. The summed E-state index contributed by atoms with van der Waals surface area (Å²) in [6.07, 6.45) is 0. The zero-order chi connectivity index (χ0) is 15.6. The van der Waals surface area contributed by atoms with Gasteiger partial charge in [0.25, 0.3) is 0 Å². The third-order valence-electron chi connectivity index (χ3n) is 3.26. The number of nitrogens with one attached hydrogen (secondary N) is 1. The highest BCUT2D eigenvalue weighted by Gasteiger charge is 2.12. The van der Waals surface area contributed by atoms with Crippen molar-refractivity contribution in [1.82, 2.24) is 0 Å². The molecule has 112 valence electrons. The summed E-state index contributed by atoms with van der Waals surface area (Å²) >= 11 is 11.8. The van der Waals surface area contributed by atoms with Crippen LogP contribution in [0.1, 0.15) is 18.5 Å². The van der Waals surface area contributed by atoms with E-state index in [4.69, 9.17) is 23.2 Å². The van der Waals surface area contributed by atoms with Crippen molar-refractivity contribution >= 4 is 34.6 Å². The second-order valence-electron chi connectivity index (χ2n) is 5.10. The Labute approximate surface area is 134 Å². The summed E-state index contributed by atoms with van der Waals surface area (Å²) < 4.78 is 13.6. The van der Waals surface area contributed by atoms with Crippen LogP contribution < -0.4 is 10.2 Å². The van der Waals surface area contributed by atoms with E-state index in [0.29, 0.717) is 5.02 Å². The third kappa shape index (κ3) is 3.80. The van der Waals surface area contributed by atoms with Crippen molar-refractivity contribution in [2.24, 2.45) is 0 Å². The Kier molecular flexibility index (Phi) is 4.96. The Bertz CT molecular complexity index is 644. The lowest BCUT2D eigenvalue weighted by molar-refractivity contribution is 0.624. The molecule has 5 heteroatoms. The predicted octanol–water partition coefficient (Wildman–Crippen LogP) is 5.37. The number of rotatable bonds is 4. The van der Waals surface area contributed by atoms with Crippen molar-refractivity contribution in [3.63, 3.8) is 0 Å². The number of halogens is 3. The van der Waals surface area contributed by atoms with Gasteiger partial charge >= 0.3 is 0 Å². The molecule has 0 saturated carbocycles. The minimum atomic E-state index is -0.415. The average Bonchev–Trinajstić information content (AvgIpc) is 2.41. The highest BCUT2D eigenvalue weighted by Crippen LogP contribution is 2.31. The Morgan fingerprint density at radius 2 is 1.81 bits per heavy atom. The molecule has 2 nitrogen and oxygen atoms in total. The second kappa shape index (κ2) is 6.54. The summed E-state index contributed by atoms with van der Waals surface area (Å²) in [7, 11) is 3.92. The van der Waals surface area contributed by atoms with Crippen molar-refractivity contribution in [2.75, 3.05) is 24.3 Å². The van der Waals surface area contributed by atoms with Crippen molar-refractivity contribution in [2.45, 2.75) is 13.0 Å². The molecule has 0 radical (unpaired) electrons. The summed E-state index contributed by atoms with van der Waals surface area (Å²) in [4.78, 5) is 1.99. The van der Waals surface area contributed by atoms with E-state index in [1.165, 1.54) is 6.07 Å². The van der Waals surface area contributed by atoms with Gasteiger partial charge in [0.1, 0.15) is 5.82 Å². The van der Waals surface area contributed by atoms with E-state index in [1.54, 1.807) is 6.07 Å². The number of anilines is 2. The number of hydrogen-bond donors (Lipinski definition) is 1. The van der Waals surface area contributed by atoms with E-state index < -0.39 is 5.82 Å².